The lowest BCUT2D eigenvalue weighted by molar-refractivity contribution is 0.353. The summed E-state index contributed by atoms with van der Waals surface area (Å²) in [5.41, 5.74) is 3.59. The van der Waals surface area contributed by atoms with Gasteiger partial charge in [0.05, 0.1) is 28.4 Å². The molecule has 0 aliphatic heterocycles. The maximum absolute atomic E-state index is 5.47. The number of hydrogen-bond donors (Lipinski definition) is 0. The maximum Gasteiger partial charge on any atom is 0.161 e. The van der Waals surface area contributed by atoms with E-state index in [-0.39, 0.29) is 5.92 Å². The zero-order chi connectivity index (χ0) is 17.7. The standard InChI is InChI=1S/C20H26O4/c1-7-15(14-8-9-17(21-3)19(11-14)23-5)16-12-20(24-6)18(22-4)10-13(16)2/h8-12,15H,7H2,1-6H3. The Morgan fingerprint density at radius 3 is 1.83 bits per heavy atom. The average molecular weight is 330 g/mol. The van der Waals surface area contributed by atoms with E-state index in [0.717, 1.165) is 29.4 Å². The first-order chi connectivity index (χ1) is 11.6. The van der Waals surface area contributed by atoms with E-state index in [9.17, 15) is 0 Å². The quantitative estimate of drug-likeness (QED) is 0.745. The van der Waals surface area contributed by atoms with E-state index >= 15 is 0 Å². The van der Waals surface area contributed by atoms with Gasteiger partial charge >= 0.3 is 0 Å². The summed E-state index contributed by atoms with van der Waals surface area (Å²) in [6.45, 7) is 4.28. The zero-order valence-corrected chi connectivity index (χ0v) is 15.3. The van der Waals surface area contributed by atoms with Crippen molar-refractivity contribution in [2.75, 3.05) is 28.4 Å². The molecule has 0 saturated carbocycles. The molecule has 2 aromatic carbocycles. The molecule has 0 amide bonds. The van der Waals surface area contributed by atoms with Crippen LogP contribution < -0.4 is 18.9 Å². The molecule has 0 fully saturated rings. The first-order valence-corrected chi connectivity index (χ1v) is 8.03. The molecule has 0 aromatic heterocycles. The molecule has 4 heteroatoms. The smallest absolute Gasteiger partial charge is 0.161 e. The monoisotopic (exact) mass is 330 g/mol. The lowest BCUT2D eigenvalue weighted by atomic mass is 9.86. The minimum absolute atomic E-state index is 0.240. The van der Waals surface area contributed by atoms with E-state index in [2.05, 4.69) is 26.0 Å². The molecular weight excluding hydrogens is 304 g/mol. The second-order valence-corrected chi connectivity index (χ2v) is 5.64. The van der Waals surface area contributed by atoms with Gasteiger partial charge in [0.2, 0.25) is 0 Å². The lowest BCUT2D eigenvalue weighted by Gasteiger charge is -2.21. The van der Waals surface area contributed by atoms with Gasteiger partial charge < -0.3 is 18.9 Å². The highest BCUT2D eigenvalue weighted by Gasteiger charge is 2.19. The molecule has 24 heavy (non-hydrogen) atoms. The summed E-state index contributed by atoms with van der Waals surface area (Å²) >= 11 is 0. The third kappa shape index (κ3) is 3.42. The number of hydrogen-bond acceptors (Lipinski definition) is 4. The minimum Gasteiger partial charge on any atom is -0.493 e. The molecule has 0 saturated heterocycles. The third-order valence-electron chi connectivity index (χ3n) is 4.37. The Bertz CT molecular complexity index is 694. The van der Waals surface area contributed by atoms with Crippen molar-refractivity contribution in [3.63, 3.8) is 0 Å². The van der Waals surface area contributed by atoms with Crippen molar-refractivity contribution in [2.24, 2.45) is 0 Å². The van der Waals surface area contributed by atoms with Crippen molar-refractivity contribution in [3.8, 4) is 23.0 Å². The predicted octanol–water partition coefficient (Wildman–Crippen LogP) is 4.57. The van der Waals surface area contributed by atoms with Gasteiger partial charge in [-0.3, -0.25) is 0 Å². The molecule has 1 unspecified atom stereocenters. The second kappa shape index (κ2) is 7.95. The van der Waals surface area contributed by atoms with Gasteiger partial charge in [0.15, 0.2) is 23.0 Å². The molecule has 0 aliphatic rings. The Kier molecular flexibility index (Phi) is 5.96. The van der Waals surface area contributed by atoms with Gasteiger partial charge in [-0.2, -0.15) is 0 Å². The fourth-order valence-electron chi connectivity index (χ4n) is 3.08. The Morgan fingerprint density at radius 1 is 0.750 bits per heavy atom. The van der Waals surface area contributed by atoms with E-state index in [1.165, 1.54) is 16.7 Å². The Hall–Kier alpha value is -2.36. The van der Waals surface area contributed by atoms with Crippen LogP contribution in [0.3, 0.4) is 0 Å². The number of aryl methyl sites for hydroxylation is 1. The normalized spacial score (nSPS) is 11.8. The van der Waals surface area contributed by atoms with Crippen molar-refractivity contribution < 1.29 is 18.9 Å². The fraction of sp³-hybridized carbons (Fsp3) is 0.400. The van der Waals surface area contributed by atoms with Gasteiger partial charge in [-0.25, -0.2) is 0 Å². The summed E-state index contributed by atoms with van der Waals surface area (Å²) in [6, 6.07) is 10.2. The van der Waals surface area contributed by atoms with Gasteiger partial charge in [-0.05, 0) is 54.3 Å². The van der Waals surface area contributed by atoms with Gasteiger partial charge in [0.1, 0.15) is 0 Å². The van der Waals surface area contributed by atoms with Crippen LogP contribution in [0.2, 0.25) is 0 Å². The van der Waals surface area contributed by atoms with Crippen molar-refractivity contribution >= 4 is 0 Å². The maximum atomic E-state index is 5.47. The zero-order valence-electron chi connectivity index (χ0n) is 15.3. The van der Waals surface area contributed by atoms with Crippen LogP contribution in [0.15, 0.2) is 30.3 Å². The summed E-state index contributed by atoms with van der Waals surface area (Å²) in [7, 11) is 6.62. The molecule has 0 N–H and O–H groups in total. The van der Waals surface area contributed by atoms with Crippen LogP contribution in [0.5, 0.6) is 23.0 Å². The summed E-state index contributed by atoms with van der Waals surface area (Å²) in [5, 5.41) is 0. The van der Waals surface area contributed by atoms with Gasteiger partial charge in [0.25, 0.3) is 0 Å². The molecule has 0 aliphatic carbocycles. The highest BCUT2D eigenvalue weighted by atomic mass is 16.5. The van der Waals surface area contributed by atoms with Gasteiger partial charge in [0, 0.05) is 5.92 Å². The van der Waals surface area contributed by atoms with Crippen LogP contribution >= 0.6 is 0 Å². The number of ether oxygens (including phenoxy) is 4. The van der Waals surface area contributed by atoms with Crippen LogP contribution in [-0.2, 0) is 0 Å². The first kappa shape index (κ1) is 18.0. The fourth-order valence-corrected chi connectivity index (χ4v) is 3.08. The largest absolute Gasteiger partial charge is 0.493 e. The minimum atomic E-state index is 0.240. The molecule has 130 valence electrons. The molecule has 4 nitrogen and oxygen atoms in total. The summed E-state index contributed by atoms with van der Waals surface area (Å²) < 4.78 is 21.7. The summed E-state index contributed by atoms with van der Waals surface area (Å²) in [4.78, 5) is 0. The molecule has 0 heterocycles. The van der Waals surface area contributed by atoms with Crippen molar-refractivity contribution in [1.82, 2.24) is 0 Å². The van der Waals surface area contributed by atoms with Crippen molar-refractivity contribution in [3.05, 3.63) is 47.0 Å². The molecule has 0 spiro atoms. The average Bonchev–Trinajstić information content (AvgIpc) is 2.62. The third-order valence-corrected chi connectivity index (χ3v) is 4.37. The summed E-state index contributed by atoms with van der Waals surface area (Å²) in [6.07, 6.45) is 0.964. The van der Waals surface area contributed by atoms with E-state index in [4.69, 9.17) is 18.9 Å². The number of methoxy groups -OCH3 is 4. The molecule has 2 rings (SSSR count). The van der Waals surface area contributed by atoms with Crippen LogP contribution in [0.4, 0.5) is 0 Å². The first-order valence-electron chi connectivity index (χ1n) is 8.03. The Morgan fingerprint density at radius 2 is 1.29 bits per heavy atom. The second-order valence-electron chi connectivity index (χ2n) is 5.64. The van der Waals surface area contributed by atoms with Crippen LogP contribution in [0, 0.1) is 6.92 Å². The molecule has 2 aromatic rings. The van der Waals surface area contributed by atoms with Gasteiger partial charge in [-0.15, -0.1) is 0 Å². The van der Waals surface area contributed by atoms with Gasteiger partial charge in [-0.1, -0.05) is 13.0 Å². The Labute approximate surface area is 144 Å². The van der Waals surface area contributed by atoms with Crippen LogP contribution in [-0.4, -0.2) is 28.4 Å². The molecule has 0 bridgehead atoms. The van der Waals surface area contributed by atoms with Crippen LogP contribution in [0.1, 0.15) is 36.0 Å². The topological polar surface area (TPSA) is 36.9 Å². The Balaban J connectivity index is 2.52. The highest BCUT2D eigenvalue weighted by molar-refractivity contribution is 5.52. The van der Waals surface area contributed by atoms with E-state index in [1.54, 1.807) is 28.4 Å². The van der Waals surface area contributed by atoms with Crippen molar-refractivity contribution in [1.29, 1.82) is 0 Å². The SMILES string of the molecule is CCC(c1ccc(OC)c(OC)c1)c1cc(OC)c(OC)cc1C. The van der Waals surface area contributed by atoms with E-state index in [0.29, 0.717) is 0 Å². The molecule has 0 radical (unpaired) electrons. The summed E-state index contributed by atoms with van der Waals surface area (Å²) in [5.74, 6) is 3.22. The van der Waals surface area contributed by atoms with Crippen molar-refractivity contribution in [2.45, 2.75) is 26.2 Å². The lowest BCUT2D eigenvalue weighted by Crippen LogP contribution is -2.04. The molecular formula is C20H26O4. The number of rotatable bonds is 7. The number of benzene rings is 2. The van der Waals surface area contributed by atoms with Crippen LogP contribution in [0.25, 0.3) is 0 Å². The predicted molar refractivity (Wildman–Crippen MR) is 96.0 cm³/mol. The van der Waals surface area contributed by atoms with E-state index in [1.807, 2.05) is 18.2 Å². The molecule has 1 atom stereocenters. The highest BCUT2D eigenvalue weighted by Crippen LogP contribution is 2.39. The van der Waals surface area contributed by atoms with E-state index < -0.39 is 0 Å².